The molecular formula is C32H29NO2. The zero-order valence-electron chi connectivity index (χ0n) is 20.1. The first-order chi connectivity index (χ1) is 17.1. The fourth-order valence-electron chi connectivity index (χ4n) is 4.77. The lowest BCUT2D eigenvalue weighted by Gasteiger charge is -2.18. The Bertz CT molecular complexity index is 1450. The standard InChI is InChI=1S/C32H29NO2/c1-23-19-30(24(2)33(23)21-25-11-5-3-6-12-25)31(32(34)35-22-26-13-7-4-8-14-26)29-18-17-27-15-9-10-16-28(27)20-29/h3-20,31H,21-22H2,1-2H3/t31-/m1/s1. The Balaban J connectivity index is 1.54. The second kappa shape index (κ2) is 10.0. The van der Waals surface area contributed by atoms with Crippen LogP contribution in [-0.4, -0.2) is 10.5 Å². The van der Waals surface area contributed by atoms with E-state index in [1.54, 1.807) is 0 Å². The van der Waals surface area contributed by atoms with E-state index in [0.29, 0.717) is 0 Å². The Kier molecular flexibility index (Phi) is 6.49. The molecular weight excluding hydrogens is 430 g/mol. The molecule has 0 unspecified atom stereocenters. The molecule has 0 bridgehead atoms. The third-order valence-electron chi connectivity index (χ3n) is 6.67. The molecule has 0 saturated heterocycles. The number of carbonyl (C=O) groups excluding carboxylic acids is 1. The number of rotatable bonds is 7. The maximum atomic E-state index is 13.7. The van der Waals surface area contributed by atoms with Crippen LogP contribution >= 0.6 is 0 Å². The second-order valence-electron chi connectivity index (χ2n) is 9.03. The van der Waals surface area contributed by atoms with Gasteiger partial charge in [0, 0.05) is 17.9 Å². The molecule has 1 atom stereocenters. The highest BCUT2D eigenvalue weighted by Crippen LogP contribution is 2.33. The fraction of sp³-hybridized carbons (Fsp3) is 0.156. The van der Waals surface area contributed by atoms with Gasteiger partial charge < -0.3 is 9.30 Å². The number of fused-ring (bicyclic) bond motifs is 1. The summed E-state index contributed by atoms with van der Waals surface area (Å²) in [4.78, 5) is 13.7. The summed E-state index contributed by atoms with van der Waals surface area (Å²) in [5, 5.41) is 2.27. The molecule has 4 aromatic carbocycles. The van der Waals surface area contributed by atoms with Crippen LogP contribution in [0.15, 0.2) is 109 Å². The van der Waals surface area contributed by atoms with Crippen molar-refractivity contribution in [3.8, 4) is 0 Å². The highest BCUT2D eigenvalue weighted by molar-refractivity contribution is 5.88. The maximum absolute atomic E-state index is 13.7. The van der Waals surface area contributed by atoms with Crippen molar-refractivity contribution in [2.75, 3.05) is 0 Å². The summed E-state index contributed by atoms with van der Waals surface area (Å²) in [6.07, 6.45) is 0. The van der Waals surface area contributed by atoms with E-state index >= 15 is 0 Å². The molecule has 0 aliphatic rings. The molecule has 1 aromatic heterocycles. The van der Waals surface area contributed by atoms with Crippen molar-refractivity contribution in [1.82, 2.24) is 4.57 Å². The Hall–Kier alpha value is -4.11. The third-order valence-corrected chi connectivity index (χ3v) is 6.67. The minimum atomic E-state index is -0.501. The van der Waals surface area contributed by atoms with Gasteiger partial charge in [0.25, 0.3) is 0 Å². The SMILES string of the molecule is Cc1cc([C@H](C(=O)OCc2ccccc2)c2ccc3ccccc3c2)c(C)n1Cc1ccccc1. The van der Waals surface area contributed by atoms with Gasteiger partial charge >= 0.3 is 5.97 Å². The first-order valence-electron chi connectivity index (χ1n) is 12.0. The maximum Gasteiger partial charge on any atom is 0.318 e. The van der Waals surface area contributed by atoms with Gasteiger partial charge in [-0.2, -0.15) is 0 Å². The molecule has 3 heteroatoms. The summed E-state index contributed by atoms with van der Waals surface area (Å²) in [6.45, 7) is 5.23. The van der Waals surface area contributed by atoms with Crippen molar-refractivity contribution in [2.24, 2.45) is 0 Å². The average molecular weight is 460 g/mol. The van der Waals surface area contributed by atoms with Gasteiger partial charge in [-0.1, -0.05) is 97.1 Å². The van der Waals surface area contributed by atoms with Crippen LogP contribution in [0.5, 0.6) is 0 Å². The molecule has 0 saturated carbocycles. The van der Waals surface area contributed by atoms with Crippen molar-refractivity contribution in [2.45, 2.75) is 32.9 Å². The molecule has 0 N–H and O–H groups in total. The van der Waals surface area contributed by atoms with Gasteiger partial charge in [-0.15, -0.1) is 0 Å². The number of hydrogen-bond acceptors (Lipinski definition) is 2. The largest absolute Gasteiger partial charge is 0.460 e. The number of hydrogen-bond donors (Lipinski definition) is 0. The average Bonchev–Trinajstić information content (AvgIpc) is 3.17. The van der Waals surface area contributed by atoms with Crippen LogP contribution < -0.4 is 0 Å². The Labute approximate surface area is 206 Å². The summed E-state index contributed by atoms with van der Waals surface area (Å²) in [6, 6.07) is 36.9. The van der Waals surface area contributed by atoms with E-state index in [4.69, 9.17) is 4.74 Å². The molecule has 0 aliphatic carbocycles. The van der Waals surface area contributed by atoms with E-state index in [2.05, 4.69) is 79.1 Å². The number of benzene rings is 4. The van der Waals surface area contributed by atoms with Crippen molar-refractivity contribution in [3.63, 3.8) is 0 Å². The zero-order valence-corrected chi connectivity index (χ0v) is 20.1. The molecule has 5 aromatic rings. The number of aryl methyl sites for hydroxylation is 1. The smallest absolute Gasteiger partial charge is 0.318 e. The second-order valence-corrected chi connectivity index (χ2v) is 9.03. The Morgan fingerprint density at radius 1 is 0.743 bits per heavy atom. The van der Waals surface area contributed by atoms with Crippen LogP contribution in [0.3, 0.4) is 0 Å². The highest BCUT2D eigenvalue weighted by atomic mass is 16.5. The monoisotopic (exact) mass is 459 g/mol. The van der Waals surface area contributed by atoms with Crippen LogP contribution in [0.2, 0.25) is 0 Å². The van der Waals surface area contributed by atoms with Crippen molar-refractivity contribution in [1.29, 1.82) is 0 Å². The molecule has 0 spiro atoms. The van der Waals surface area contributed by atoms with Crippen LogP contribution in [0.1, 0.15) is 39.6 Å². The molecule has 174 valence electrons. The summed E-state index contributed by atoms with van der Waals surface area (Å²) in [5.41, 5.74) is 6.36. The normalized spacial score (nSPS) is 11.9. The number of nitrogens with zero attached hydrogens (tertiary/aromatic N) is 1. The minimum absolute atomic E-state index is 0.232. The number of esters is 1. The number of aromatic nitrogens is 1. The molecule has 0 aliphatic heterocycles. The molecule has 0 fully saturated rings. The van der Waals surface area contributed by atoms with E-state index < -0.39 is 5.92 Å². The van der Waals surface area contributed by atoms with Crippen LogP contribution in [0, 0.1) is 13.8 Å². The highest BCUT2D eigenvalue weighted by Gasteiger charge is 2.29. The van der Waals surface area contributed by atoms with Gasteiger partial charge in [0.05, 0.1) is 0 Å². The lowest BCUT2D eigenvalue weighted by molar-refractivity contribution is -0.145. The lowest BCUT2D eigenvalue weighted by atomic mass is 9.90. The lowest BCUT2D eigenvalue weighted by Crippen LogP contribution is -2.18. The molecule has 1 heterocycles. The van der Waals surface area contributed by atoms with Crippen LogP contribution in [0.25, 0.3) is 10.8 Å². The van der Waals surface area contributed by atoms with Gasteiger partial charge in [-0.25, -0.2) is 0 Å². The van der Waals surface area contributed by atoms with Gasteiger partial charge in [0.15, 0.2) is 0 Å². The van der Waals surface area contributed by atoms with Gasteiger partial charge in [-0.05, 0) is 59.0 Å². The molecule has 0 radical (unpaired) electrons. The predicted octanol–water partition coefficient (Wildman–Crippen LogP) is 7.18. The zero-order chi connectivity index (χ0) is 24.2. The molecule has 5 rings (SSSR count). The molecule has 0 amide bonds. The van der Waals surface area contributed by atoms with E-state index in [1.807, 2.05) is 48.5 Å². The predicted molar refractivity (Wildman–Crippen MR) is 141 cm³/mol. The Morgan fingerprint density at radius 3 is 2.09 bits per heavy atom. The topological polar surface area (TPSA) is 31.2 Å². The summed E-state index contributed by atoms with van der Waals surface area (Å²) in [5.74, 6) is -0.733. The van der Waals surface area contributed by atoms with E-state index in [1.165, 1.54) is 5.56 Å². The minimum Gasteiger partial charge on any atom is -0.460 e. The van der Waals surface area contributed by atoms with Gasteiger partial charge in [-0.3, -0.25) is 4.79 Å². The van der Waals surface area contributed by atoms with Crippen LogP contribution in [0.4, 0.5) is 0 Å². The van der Waals surface area contributed by atoms with E-state index in [-0.39, 0.29) is 12.6 Å². The van der Waals surface area contributed by atoms with Crippen molar-refractivity contribution < 1.29 is 9.53 Å². The van der Waals surface area contributed by atoms with E-state index in [0.717, 1.165) is 45.4 Å². The fourth-order valence-corrected chi connectivity index (χ4v) is 4.77. The van der Waals surface area contributed by atoms with Crippen molar-refractivity contribution in [3.05, 3.63) is 143 Å². The number of ether oxygens (including phenoxy) is 1. The van der Waals surface area contributed by atoms with Crippen LogP contribution in [-0.2, 0) is 22.7 Å². The molecule has 35 heavy (non-hydrogen) atoms. The quantitative estimate of drug-likeness (QED) is 0.241. The third kappa shape index (κ3) is 4.90. The van der Waals surface area contributed by atoms with Crippen molar-refractivity contribution >= 4 is 16.7 Å². The van der Waals surface area contributed by atoms with Gasteiger partial charge in [0.1, 0.15) is 12.5 Å². The Morgan fingerprint density at radius 2 is 1.37 bits per heavy atom. The first-order valence-corrected chi connectivity index (χ1v) is 12.0. The summed E-state index contributed by atoms with van der Waals surface area (Å²) in [7, 11) is 0. The summed E-state index contributed by atoms with van der Waals surface area (Å²) < 4.78 is 8.17. The first kappa shape index (κ1) is 22.7. The summed E-state index contributed by atoms with van der Waals surface area (Å²) >= 11 is 0. The number of carbonyl (C=O) groups is 1. The van der Waals surface area contributed by atoms with E-state index in [9.17, 15) is 4.79 Å². The van der Waals surface area contributed by atoms with Gasteiger partial charge in [0.2, 0.25) is 0 Å². The molecule has 3 nitrogen and oxygen atoms in total.